The number of hydrogen-bond acceptors (Lipinski definition) is 3. The van der Waals surface area contributed by atoms with Gasteiger partial charge in [-0.1, -0.05) is 49.6 Å². The average molecular weight is 338 g/mol. The first-order valence-electron chi connectivity index (χ1n) is 9.02. The van der Waals surface area contributed by atoms with Gasteiger partial charge in [-0.2, -0.15) is 0 Å². The Morgan fingerprint density at radius 3 is 2.52 bits per heavy atom. The number of anilines is 1. The second kappa shape index (κ2) is 8.17. The summed E-state index contributed by atoms with van der Waals surface area (Å²) in [6.07, 6.45) is 6.46. The van der Waals surface area contributed by atoms with Gasteiger partial charge in [0, 0.05) is 18.3 Å². The van der Waals surface area contributed by atoms with Gasteiger partial charge in [0.1, 0.15) is 5.75 Å². The zero-order valence-corrected chi connectivity index (χ0v) is 14.7. The van der Waals surface area contributed by atoms with Crippen molar-refractivity contribution in [3.63, 3.8) is 0 Å². The SMILES string of the molecule is CN(Cc1ccccc1NC(=O)c1ccccc1O)C1CCCCC1. The fourth-order valence-corrected chi connectivity index (χ4v) is 3.56. The zero-order valence-electron chi connectivity index (χ0n) is 14.7. The van der Waals surface area contributed by atoms with Crippen LogP contribution in [-0.2, 0) is 6.54 Å². The number of carbonyl (C=O) groups excluding carboxylic acids is 1. The zero-order chi connectivity index (χ0) is 17.6. The average Bonchev–Trinajstić information content (AvgIpc) is 2.64. The first-order chi connectivity index (χ1) is 12.1. The van der Waals surface area contributed by atoms with E-state index in [1.54, 1.807) is 18.2 Å². The van der Waals surface area contributed by atoms with E-state index >= 15 is 0 Å². The van der Waals surface area contributed by atoms with Crippen molar-refractivity contribution in [2.75, 3.05) is 12.4 Å². The van der Waals surface area contributed by atoms with E-state index < -0.39 is 0 Å². The van der Waals surface area contributed by atoms with Gasteiger partial charge >= 0.3 is 0 Å². The number of hydrogen-bond donors (Lipinski definition) is 2. The van der Waals surface area contributed by atoms with Crippen LogP contribution in [0.1, 0.15) is 48.0 Å². The number of rotatable bonds is 5. The Kier molecular flexibility index (Phi) is 5.71. The summed E-state index contributed by atoms with van der Waals surface area (Å²) < 4.78 is 0. The third kappa shape index (κ3) is 4.40. The second-order valence-corrected chi connectivity index (χ2v) is 6.84. The Bertz CT molecular complexity index is 723. The smallest absolute Gasteiger partial charge is 0.259 e. The molecule has 0 radical (unpaired) electrons. The van der Waals surface area contributed by atoms with Crippen molar-refractivity contribution in [1.82, 2.24) is 4.90 Å². The van der Waals surface area contributed by atoms with Gasteiger partial charge < -0.3 is 10.4 Å². The molecule has 4 nitrogen and oxygen atoms in total. The summed E-state index contributed by atoms with van der Waals surface area (Å²) in [5.41, 5.74) is 2.19. The van der Waals surface area contributed by atoms with Crippen molar-refractivity contribution < 1.29 is 9.90 Å². The van der Waals surface area contributed by atoms with E-state index in [2.05, 4.69) is 23.3 Å². The molecule has 0 atom stereocenters. The molecule has 2 N–H and O–H groups in total. The molecule has 2 aromatic rings. The standard InChI is InChI=1S/C21H26N2O2/c1-23(17-10-3-2-4-11-17)15-16-9-5-7-13-19(16)22-21(25)18-12-6-8-14-20(18)24/h5-9,12-14,17,24H,2-4,10-11,15H2,1H3,(H,22,25). The minimum Gasteiger partial charge on any atom is -0.507 e. The first kappa shape index (κ1) is 17.5. The Morgan fingerprint density at radius 1 is 1.08 bits per heavy atom. The van der Waals surface area contributed by atoms with E-state index in [4.69, 9.17) is 0 Å². The van der Waals surface area contributed by atoms with Gasteiger partial charge in [0.2, 0.25) is 0 Å². The molecular weight excluding hydrogens is 312 g/mol. The molecule has 1 amide bonds. The van der Waals surface area contributed by atoms with Gasteiger partial charge in [0.05, 0.1) is 5.56 Å². The van der Waals surface area contributed by atoms with Crippen LogP contribution in [-0.4, -0.2) is 29.0 Å². The minimum atomic E-state index is -0.286. The Morgan fingerprint density at radius 2 is 1.76 bits per heavy atom. The lowest BCUT2D eigenvalue weighted by molar-refractivity contribution is 0.102. The number of carbonyl (C=O) groups is 1. The molecule has 0 bridgehead atoms. The fourth-order valence-electron chi connectivity index (χ4n) is 3.56. The van der Waals surface area contributed by atoms with Gasteiger partial charge in [-0.3, -0.25) is 9.69 Å². The van der Waals surface area contributed by atoms with Gasteiger partial charge in [0.25, 0.3) is 5.91 Å². The number of phenols is 1. The van der Waals surface area contributed by atoms with Gasteiger partial charge in [-0.05, 0) is 43.7 Å². The molecule has 4 heteroatoms. The summed E-state index contributed by atoms with van der Waals surface area (Å²) in [6.45, 7) is 0.807. The van der Waals surface area contributed by atoms with Crippen LogP contribution < -0.4 is 5.32 Å². The first-order valence-corrected chi connectivity index (χ1v) is 9.02. The lowest BCUT2D eigenvalue weighted by Gasteiger charge is -2.31. The second-order valence-electron chi connectivity index (χ2n) is 6.84. The van der Waals surface area contributed by atoms with Gasteiger partial charge in [0.15, 0.2) is 0 Å². The number of amides is 1. The molecular formula is C21H26N2O2. The lowest BCUT2D eigenvalue weighted by atomic mass is 9.94. The van der Waals surface area contributed by atoms with Crippen molar-refractivity contribution in [1.29, 1.82) is 0 Å². The fraction of sp³-hybridized carbons (Fsp3) is 0.381. The molecule has 1 aliphatic rings. The van der Waals surface area contributed by atoms with Crippen LogP contribution in [0.4, 0.5) is 5.69 Å². The maximum atomic E-state index is 12.5. The highest BCUT2D eigenvalue weighted by atomic mass is 16.3. The highest BCUT2D eigenvalue weighted by Crippen LogP contribution is 2.25. The predicted octanol–water partition coefficient (Wildman–Crippen LogP) is 4.41. The largest absolute Gasteiger partial charge is 0.507 e. The molecule has 1 saturated carbocycles. The van der Waals surface area contributed by atoms with Crippen molar-refractivity contribution in [2.45, 2.75) is 44.7 Å². The molecule has 1 fully saturated rings. The van der Waals surface area contributed by atoms with Crippen LogP contribution in [0.3, 0.4) is 0 Å². The highest BCUT2D eigenvalue weighted by Gasteiger charge is 2.19. The van der Waals surface area contributed by atoms with Crippen LogP contribution in [0.2, 0.25) is 0 Å². The normalized spacial score (nSPS) is 15.3. The molecule has 1 aliphatic carbocycles. The molecule has 0 saturated heterocycles. The molecule has 0 heterocycles. The summed E-state index contributed by atoms with van der Waals surface area (Å²) in [5, 5.41) is 12.8. The van der Waals surface area contributed by atoms with Crippen molar-refractivity contribution in [3.05, 3.63) is 59.7 Å². The summed E-state index contributed by atoms with van der Waals surface area (Å²) in [4.78, 5) is 14.9. The molecule has 0 unspecified atom stereocenters. The topological polar surface area (TPSA) is 52.6 Å². The molecule has 3 rings (SSSR count). The number of benzene rings is 2. The summed E-state index contributed by atoms with van der Waals surface area (Å²) in [7, 11) is 2.16. The van der Waals surface area contributed by atoms with E-state index in [0.29, 0.717) is 6.04 Å². The number of nitrogens with zero attached hydrogens (tertiary/aromatic N) is 1. The maximum Gasteiger partial charge on any atom is 0.259 e. The van der Waals surface area contributed by atoms with Gasteiger partial charge in [-0.25, -0.2) is 0 Å². The van der Waals surface area contributed by atoms with E-state index in [9.17, 15) is 9.90 Å². The van der Waals surface area contributed by atoms with Crippen LogP contribution in [0, 0.1) is 0 Å². The lowest BCUT2D eigenvalue weighted by Crippen LogP contribution is -2.33. The van der Waals surface area contributed by atoms with E-state index in [1.165, 1.54) is 38.2 Å². The number of nitrogens with one attached hydrogen (secondary N) is 1. The Hall–Kier alpha value is -2.33. The minimum absolute atomic E-state index is 0.00296. The molecule has 25 heavy (non-hydrogen) atoms. The molecule has 0 aliphatic heterocycles. The summed E-state index contributed by atoms with van der Waals surface area (Å²) >= 11 is 0. The number of para-hydroxylation sites is 2. The highest BCUT2D eigenvalue weighted by molar-refractivity contribution is 6.06. The van der Waals surface area contributed by atoms with Crippen LogP contribution in [0.25, 0.3) is 0 Å². The third-order valence-corrected chi connectivity index (χ3v) is 5.03. The monoisotopic (exact) mass is 338 g/mol. The van der Waals surface area contributed by atoms with Crippen LogP contribution in [0.15, 0.2) is 48.5 Å². The molecule has 0 aromatic heterocycles. The van der Waals surface area contributed by atoms with Crippen LogP contribution in [0.5, 0.6) is 5.75 Å². The van der Waals surface area contributed by atoms with E-state index in [0.717, 1.165) is 17.8 Å². The molecule has 0 spiro atoms. The van der Waals surface area contributed by atoms with Crippen molar-refractivity contribution in [2.24, 2.45) is 0 Å². The number of phenolic OH excluding ortho intramolecular Hbond substituents is 1. The molecule has 2 aromatic carbocycles. The summed E-state index contributed by atoms with van der Waals surface area (Å²) in [6, 6.07) is 15.1. The maximum absolute atomic E-state index is 12.5. The quantitative estimate of drug-likeness (QED) is 0.849. The van der Waals surface area contributed by atoms with Crippen LogP contribution >= 0.6 is 0 Å². The Balaban J connectivity index is 1.72. The van der Waals surface area contributed by atoms with Crippen molar-refractivity contribution >= 4 is 11.6 Å². The van der Waals surface area contributed by atoms with Crippen molar-refractivity contribution in [3.8, 4) is 5.75 Å². The van der Waals surface area contributed by atoms with Gasteiger partial charge in [-0.15, -0.1) is 0 Å². The van der Waals surface area contributed by atoms with E-state index in [1.807, 2.05) is 18.2 Å². The third-order valence-electron chi connectivity index (χ3n) is 5.03. The Labute approximate surface area is 149 Å². The number of aromatic hydroxyl groups is 1. The predicted molar refractivity (Wildman–Crippen MR) is 101 cm³/mol. The molecule has 132 valence electrons. The van der Waals surface area contributed by atoms with E-state index in [-0.39, 0.29) is 17.2 Å². The summed E-state index contributed by atoms with van der Waals surface area (Å²) in [5.74, 6) is -0.289.